The van der Waals surface area contributed by atoms with Crippen LogP contribution in [-0.2, 0) is 6.54 Å². The Morgan fingerprint density at radius 1 is 1.12 bits per heavy atom. The Morgan fingerprint density at radius 2 is 1.96 bits per heavy atom. The van der Waals surface area contributed by atoms with Gasteiger partial charge in [0.15, 0.2) is 0 Å². The van der Waals surface area contributed by atoms with E-state index in [2.05, 4.69) is 52.6 Å². The van der Waals surface area contributed by atoms with E-state index in [1.807, 2.05) is 30.7 Å². The van der Waals surface area contributed by atoms with Crippen molar-refractivity contribution in [3.8, 4) is 11.4 Å². The standard InChI is InChI=1S/C22H26N4/c1-17-5-3-6-19(13-17)15-25-12-4-7-21(16-25)26-18(2)14-24-22(26)20-8-10-23-11-9-20/h3,5-6,8-11,13-14,21H,4,7,12,15-16H2,1-2H3. The predicted molar refractivity (Wildman–Crippen MR) is 105 cm³/mol. The maximum Gasteiger partial charge on any atom is 0.140 e. The molecule has 1 aliphatic heterocycles. The number of pyridine rings is 1. The smallest absolute Gasteiger partial charge is 0.140 e. The van der Waals surface area contributed by atoms with Gasteiger partial charge in [-0.3, -0.25) is 9.88 Å². The topological polar surface area (TPSA) is 34.0 Å². The van der Waals surface area contributed by atoms with Crippen LogP contribution < -0.4 is 0 Å². The molecule has 0 radical (unpaired) electrons. The highest BCUT2D eigenvalue weighted by Gasteiger charge is 2.24. The van der Waals surface area contributed by atoms with Crippen molar-refractivity contribution in [2.24, 2.45) is 0 Å². The summed E-state index contributed by atoms with van der Waals surface area (Å²) in [7, 11) is 0. The summed E-state index contributed by atoms with van der Waals surface area (Å²) >= 11 is 0. The van der Waals surface area contributed by atoms with Crippen molar-refractivity contribution >= 4 is 0 Å². The van der Waals surface area contributed by atoms with Crippen LogP contribution in [0.2, 0.25) is 0 Å². The maximum absolute atomic E-state index is 4.70. The normalized spacial score (nSPS) is 18.2. The molecule has 3 aromatic rings. The summed E-state index contributed by atoms with van der Waals surface area (Å²) in [5, 5.41) is 0. The molecule has 0 spiro atoms. The Labute approximate surface area is 155 Å². The second-order valence-corrected chi connectivity index (χ2v) is 7.35. The zero-order valence-electron chi connectivity index (χ0n) is 15.6. The largest absolute Gasteiger partial charge is 0.324 e. The van der Waals surface area contributed by atoms with Crippen LogP contribution in [0.4, 0.5) is 0 Å². The molecule has 1 aromatic carbocycles. The lowest BCUT2D eigenvalue weighted by atomic mass is 10.0. The molecule has 1 fully saturated rings. The van der Waals surface area contributed by atoms with Gasteiger partial charge in [0.1, 0.15) is 5.82 Å². The number of likely N-dealkylation sites (tertiary alicyclic amines) is 1. The molecule has 1 saturated heterocycles. The molecular weight excluding hydrogens is 320 g/mol. The fraction of sp³-hybridized carbons (Fsp3) is 0.364. The SMILES string of the molecule is Cc1cccc(CN2CCCC(n3c(C)cnc3-c3ccncc3)C2)c1. The average molecular weight is 346 g/mol. The van der Waals surface area contributed by atoms with Crippen LogP contribution in [0, 0.1) is 13.8 Å². The third-order valence-corrected chi connectivity index (χ3v) is 5.25. The summed E-state index contributed by atoms with van der Waals surface area (Å²) in [6.07, 6.45) is 8.11. The molecule has 2 aromatic heterocycles. The number of hydrogen-bond donors (Lipinski definition) is 0. The van der Waals surface area contributed by atoms with Gasteiger partial charge in [0, 0.05) is 49.0 Å². The van der Waals surface area contributed by atoms with Gasteiger partial charge in [-0.2, -0.15) is 0 Å². The van der Waals surface area contributed by atoms with Crippen molar-refractivity contribution in [1.29, 1.82) is 0 Å². The molecule has 26 heavy (non-hydrogen) atoms. The minimum absolute atomic E-state index is 0.472. The molecule has 0 amide bonds. The number of piperidine rings is 1. The Kier molecular flexibility index (Phi) is 4.85. The van der Waals surface area contributed by atoms with Crippen molar-refractivity contribution in [2.45, 2.75) is 39.3 Å². The molecule has 1 atom stereocenters. The van der Waals surface area contributed by atoms with E-state index in [-0.39, 0.29) is 0 Å². The molecule has 4 rings (SSSR count). The summed E-state index contributed by atoms with van der Waals surface area (Å²) in [5.74, 6) is 1.06. The minimum atomic E-state index is 0.472. The third kappa shape index (κ3) is 3.56. The first-order valence-corrected chi connectivity index (χ1v) is 9.43. The van der Waals surface area contributed by atoms with Crippen LogP contribution in [-0.4, -0.2) is 32.5 Å². The van der Waals surface area contributed by atoms with Gasteiger partial charge in [-0.1, -0.05) is 29.8 Å². The molecule has 4 heteroatoms. The fourth-order valence-corrected chi connectivity index (χ4v) is 4.08. The number of hydrogen-bond acceptors (Lipinski definition) is 3. The molecule has 0 N–H and O–H groups in total. The van der Waals surface area contributed by atoms with Crippen molar-refractivity contribution in [1.82, 2.24) is 19.4 Å². The van der Waals surface area contributed by atoms with Gasteiger partial charge in [0.05, 0.1) is 0 Å². The second kappa shape index (κ2) is 7.42. The Balaban J connectivity index is 1.56. The summed E-state index contributed by atoms with van der Waals surface area (Å²) in [6, 6.07) is 13.4. The summed E-state index contributed by atoms with van der Waals surface area (Å²) in [5.41, 5.74) is 5.12. The van der Waals surface area contributed by atoms with Crippen LogP contribution in [0.1, 0.15) is 35.7 Å². The zero-order valence-corrected chi connectivity index (χ0v) is 15.6. The number of aromatic nitrogens is 3. The number of rotatable bonds is 4. The molecule has 0 saturated carbocycles. The summed E-state index contributed by atoms with van der Waals surface area (Å²) in [4.78, 5) is 11.4. The van der Waals surface area contributed by atoms with Gasteiger partial charge in [0.2, 0.25) is 0 Å². The van der Waals surface area contributed by atoms with E-state index in [4.69, 9.17) is 4.98 Å². The fourth-order valence-electron chi connectivity index (χ4n) is 4.08. The van der Waals surface area contributed by atoms with E-state index in [0.717, 1.165) is 24.5 Å². The van der Waals surface area contributed by atoms with Crippen LogP contribution >= 0.6 is 0 Å². The van der Waals surface area contributed by atoms with E-state index in [1.54, 1.807) is 0 Å². The van der Waals surface area contributed by atoms with Gasteiger partial charge in [-0.05, 0) is 50.9 Å². The van der Waals surface area contributed by atoms with E-state index in [1.165, 1.54) is 36.2 Å². The number of nitrogens with zero attached hydrogens (tertiary/aromatic N) is 4. The van der Waals surface area contributed by atoms with Gasteiger partial charge >= 0.3 is 0 Å². The lowest BCUT2D eigenvalue weighted by Crippen LogP contribution is -2.36. The number of aryl methyl sites for hydroxylation is 2. The zero-order chi connectivity index (χ0) is 17.9. The molecule has 4 nitrogen and oxygen atoms in total. The van der Waals surface area contributed by atoms with E-state index in [9.17, 15) is 0 Å². The third-order valence-electron chi connectivity index (χ3n) is 5.25. The Hall–Kier alpha value is -2.46. The Bertz CT molecular complexity index is 869. The average Bonchev–Trinajstić information content (AvgIpc) is 3.04. The van der Waals surface area contributed by atoms with Crippen LogP contribution in [0.5, 0.6) is 0 Å². The monoisotopic (exact) mass is 346 g/mol. The molecule has 3 heterocycles. The van der Waals surface area contributed by atoms with Gasteiger partial charge in [-0.15, -0.1) is 0 Å². The molecule has 0 aliphatic carbocycles. The summed E-state index contributed by atoms with van der Waals surface area (Å²) < 4.78 is 2.43. The predicted octanol–water partition coefficient (Wildman–Crippen LogP) is 4.40. The van der Waals surface area contributed by atoms with E-state index in [0.29, 0.717) is 6.04 Å². The second-order valence-electron chi connectivity index (χ2n) is 7.35. The molecular formula is C22H26N4. The van der Waals surface area contributed by atoms with Crippen molar-refractivity contribution in [2.75, 3.05) is 13.1 Å². The Morgan fingerprint density at radius 3 is 2.77 bits per heavy atom. The first kappa shape index (κ1) is 17.0. The minimum Gasteiger partial charge on any atom is -0.324 e. The van der Waals surface area contributed by atoms with E-state index >= 15 is 0 Å². The maximum atomic E-state index is 4.70. The lowest BCUT2D eigenvalue weighted by molar-refractivity contribution is 0.170. The molecule has 134 valence electrons. The van der Waals surface area contributed by atoms with Crippen molar-refractivity contribution in [3.05, 3.63) is 71.8 Å². The van der Waals surface area contributed by atoms with Crippen LogP contribution in [0.25, 0.3) is 11.4 Å². The highest BCUT2D eigenvalue weighted by Crippen LogP contribution is 2.29. The lowest BCUT2D eigenvalue weighted by Gasteiger charge is -2.35. The highest BCUT2D eigenvalue weighted by molar-refractivity contribution is 5.55. The van der Waals surface area contributed by atoms with E-state index < -0.39 is 0 Å². The van der Waals surface area contributed by atoms with Gasteiger partial charge < -0.3 is 4.57 Å². The first-order valence-electron chi connectivity index (χ1n) is 9.43. The number of benzene rings is 1. The van der Waals surface area contributed by atoms with Gasteiger partial charge in [0.25, 0.3) is 0 Å². The van der Waals surface area contributed by atoms with Crippen molar-refractivity contribution < 1.29 is 0 Å². The molecule has 1 aliphatic rings. The van der Waals surface area contributed by atoms with Crippen LogP contribution in [0.15, 0.2) is 55.0 Å². The number of imidazole rings is 1. The summed E-state index contributed by atoms with van der Waals surface area (Å²) in [6.45, 7) is 7.60. The molecule has 0 bridgehead atoms. The first-order chi connectivity index (χ1) is 12.7. The van der Waals surface area contributed by atoms with Crippen LogP contribution in [0.3, 0.4) is 0 Å². The van der Waals surface area contributed by atoms with Crippen molar-refractivity contribution in [3.63, 3.8) is 0 Å². The highest BCUT2D eigenvalue weighted by atomic mass is 15.2. The quantitative estimate of drug-likeness (QED) is 0.702. The molecule has 1 unspecified atom stereocenters. The van der Waals surface area contributed by atoms with Gasteiger partial charge in [-0.25, -0.2) is 4.98 Å².